The van der Waals surface area contributed by atoms with Crippen LogP contribution in [0.15, 0.2) is 0 Å². The minimum absolute atomic E-state index is 0.0278. The molecule has 0 aromatic carbocycles. The number of esters is 1. The lowest BCUT2D eigenvalue weighted by Crippen LogP contribution is -2.16. The second-order valence-electron chi connectivity index (χ2n) is 2.94. The molecule has 0 rings (SSSR count). The fraction of sp³-hybridized carbons (Fsp3) is 0.889. The Balaban J connectivity index is 3.41. The van der Waals surface area contributed by atoms with Crippen molar-refractivity contribution in [3.8, 4) is 0 Å². The standard InChI is InChI=1S/C9H18O4/c1-2-6-13-9(12)7-8(11)4-3-5-10/h8,10-11H,2-7H2,1H3. The summed E-state index contributed by atoms with van der Waals surface area (Å²) in [6.45, 7) is 2.36. The van der Waals surface area contributed by atoms with Crippen LogP contribution in [0.3, 0.4) is 0 Å². The first kappa shape index (κ1) is 12.4. The number of carbonyl (C=O) groups is 1. The molecule has 1 atom stereocenters. The Hall–Kier alpha value is -0.610. The Morgan fingerprint density at radius 1 is 1.54 bits per heavy atom. The predicted molar refractivity (Wildman–Crippen MR) is 48.2 cm³/mol. The molecular weight excluding hydrogens is 172 g/mol. The molecule has 78 valence electrons. The lowest BCUT2D eigenvalue weighted by molar-refractivity contribution is -0.146. The molecule has 0 bridgehead atoms. The third kappa shape index (κ3) is 7.74. The average Bonchev–Trinajstić information content (AvgIpc) is 2.11. The van der Waals surface area contributed by atoms with Gasteiger partial charge in [-0.15, -0.1) is 0 Å². The maximum atomic E-state index is 10.9. The number of ether oxygens (including phenoxy) is 1. The molecule has 0 aliphatic carbocycles. The molecule has 0 aliphatic rings. The summed E-state index contributed by atoms with van der Waals surface area (Å²) in [6.07, 6.45) is 1.09. The number of carbonyl (C=O) groups excluding carboxylic acids is 1. The van der Waals surface area contributed by atoms with E-state index in [9.17, 15) is 9.90 Å². The van der Waals surface area contributed by atoms with E-state index in [0.717, 1.165) is 6.42 Å². The van der Waals surface area contributed by atoms with Crippen LogP contribution in [0.5, 0.6) is 0 Å². The van der Waals surface area contributed by atoms with Gasteiger partial charge in [0.1, 0.15) is 0 Å². The number of hydrogen-bond acceptors (Lipinski definition) is 4. The SMILES string of the molecule is CCCOC(=O)CC(O)CCCO. The van der Waals surface area contributed by atoms with Crippen LogP contribution >= 0.6 is 0 Å². The summed E-state index contributed by atoms with van der Waals surface area (Å²) >= 11 is 0. The molecule has 0 aromatic rings. The van der Waals surface area contributed by atoms with Gasteiger partial charge in [0.05, 0.1) is 19.1 Å². The second kappa shape index (κ2) is 8.01. The molecule has 0 spiro atoms. The first-order chi connectivity index (χ1) is 6.20. The summed E-state index contributed by atoms with van der Waals surface area (Å²) < 4.78 is 4.78. The molecule has 0 fully saturated rings. The van der Waals surface area contributed by atoms with Gasteiger partial charge < -0.3 is 14.9 Å². The largest absolute Gasteiger partial charge is 0.466 e. The van der Waals surface area contributed by atoms with Crippen molar-refractivity contribution in [1.82, 2.24) is 0 Å². The van der Waals surface area contributed by atoms with Crippen molar-refractivity contribution in [3.63, 3.8) is 0 Å². The highest BCUT2D eigenvalue weighted by Gasteiger charge is 2.10. The Kier molecular flexibility index (Phi) is 7.63. The van der Waals surface area contributed by atoms with E-state index in [2.05, 4.69) is 0 Å². The zero-order valence-corrected chi connectivity index (χ0v) is 8.03. The van der Waals surface area contributed by atoms with E-state index in [4.69, 9.17) is 9.84 Å². The molecule has 4 nitrogen and oxygen atoms in total. The number of hydrogen-bond donors (Lipinski definition) is 2. The van der Waals surface area contributed by atoms with Crippen molar-refractivity contribution in [1.29, 1.82) is 0 Å². The van der Waals surface area contributed by atoms with Gasteiger partial charge in [-0.25, -0.2) is 0 Å². The van der Waals surface area contributed by atoms with Gasteiger partial charge in [0, 0.05) is 6.61 Å². The van der Waals surface area contributed by atoms with Crippen LogP contribution in [-0.4, -0.2) is 35.5 Å². The third-order valence-electron chi connectivity index (χ3n) is 1.56. The zero-order chi connectivity index (χ0) is 10.1. The van der Waals surface area contributed by atoms with E-state index in [0.29, 0.717) is 19.4 Å². The number of rotatable bonds is 7. The van der Waals surface area contributed by atoms with Crippen LogP contribution in [-0.2, 0) is 9.53 Å². The molecule has 0 amide bonds. The van der Waals surface area contributed by atoms with Crippen molar-refractivity contribution in [3.05, 3.63) is 0 Å². The van der Waals surface area contributed by atoms with Crippen molar-refractivity contribution in [2.45, 2.75) is 38.7 Å². The van der Waals surface area contributed by atoms with Crippen molar-refractivity contribution < 1.29 is 19.7 Å². The second-order valence-corrected chi connectivity index (χ2v) is 2.94. The summed E-state index contributed by atoms with van der Waals surface area (Å²) in [5.74, 6) is -0.368. The highest BCUT2D eigenvalue weighted by Crippen LogP contribution is 2.02. The van der Waals surface area contributed by atoms with Crippen LogP contribution in [0.2, 0.25) is 0 Å². The van der Waals surface area contributed by atoms with Crippen molar-refractivity contribution in [2.24, 2.45) is 0 Å². The van der Waals surface area contributed by atoms with Crippen LogP contribution in [0.25, 0.3) is 0 Å². The highest BCUT2D eigenvalue weighted by atomic mass is 16.5. The fourth-order valence-corrected chi connectivity index (χ4v) is 0.896. The van der Waals surface area contributed by atoms with E-state index < -0.39 is 6.10 Å². The minimum atomic E-state index is -0.684. The van der Waals surface area contributed by atoms with Gasteiger partial charge in [0.25, 0.3) is 0 Å². The normalized spacial score (nSPS) is 12.5. The predicted octanol–water partition coefficient (Wildman–Crippen LogP) is 0.463. The van der Waals surface area contributed by atoms with E-state index in [-0.39, 0.29) is 19.0 Å². The quantitative estimate of drug-likeness (QED) is 0.572. The molecule has 0 aliphatic heterocycles. The van der Waals surface area contributed by atoms with Crippen molar-refractivity contribution in [2.75, 3.05) is 13.2 Å². The van der Waals surface area contributed by atoms with Gasteiger partial charge in [-0.3, -0.25) is 4.79 Å². The minimum Gasteiger partial charge on any atom is -0.466 e. The highest BCUT2D eigenvalue weighted by molar-refractivity contribution is 5.69. The molecule has 4 heteroatoms. The molecule has 0 saturated carbocycles. The smallest absolute Gasteiger partial charge is 0.308 e. The van der Waals surface area contributed by atoms with Gasteiger partial charge in [0.15, 0.2) is 0 Å². The zero-order valence-electron chi connectivity index (χ0n) is 8.03. The van der Waals surface area contributed by atoms with E-state index in [1.807, 2.05) is 6.92 Å². The van der Waals surface area contributed by atoms with E-state index in [1.165, 1.54) is 0 Å². The molecular formula is C9H18O4. The molecule has 1 unspecified atom stereocenters. The summed E-state index contributed by atoms with van der Waals surface area (Å²) in [4.78, 5) is 10.9. The Labute approximate surface area is 78.5 Å². The average molecular weight is 190 g/mol. The van der Waals surface area contributed by atoms with Crippen molar-refractivity contribution >= 4 is 5.97 Å². The number of aliphatic hydroxyl groups excluding tert-OH is 2. The molecule has 0 aromatic heterocycles. The number of aliphatic hydroxyl groups is 2. The van der Waals surface area contributed by atoms with E-state index >= 15 is 0 Å². The van der Waals surface area contributed by atoms with Crippen LogP contribution < -0.4 is 0 Å². The molecule has 13 heavy (non-hydrogen) atoms. The summed E-state index contributed by atoms with van der Waals surface area (Å²) in [5, 5.41) is 17.7. The van der Waals surface area contributed by atoms with Crippen LogP contribution in [0.4, 0.5) is 0 Å². The fourth-order valence-electron chi connectivity index (χ4n) is 0.896. The third-order valence-corrected chi connectivity index (χ3v) is 1.56. The summed E-state index contributed by atoms with van der Waals surface area (Å²) in [6, 6.07) is 0. The first-order valence-electron chi connectivity index (χ1n) is 4.65. The van der Waals surface area contributed by atoms with Gasteiger partial charge in [-0.05, 0) is 19.3 Å². The molecule has 0 saturated heterocycles. The summed E-state index contributed by atoms with van der Waals surface area (Å²) in [5.41, 5.74) is 0. The Bertz CT molecular complexity index is 136. The maximum absolute atomic E-state index is 10.9. The maximum Gasteiger partial charge on any atom is 0.308 e. The Morgan fingerprint density at radius 2 is 2.23 bits per heavy atom. The van der Waals surface area contributed by atoms with Crippen LogP contribution in [0, 0.1) is 0 Å². The molecule has 2 N–H and O–H groups in total. The van der Waals surface area contributed by atoms with Crippen LogP contribution in [0.1, 0.15) is 32.6 Å². The lowest BCUT2D eigenvalue weighted by Gasteiger charge is -2.08. The monoisotopic (exact) mass is 190 g/mol. The summed E-state index contributed by atoms with van der Waals surface area (Å²) in [7, 11) is 0. The molecule has 0 heterocycles. The first-order valence-corrected chi connectivity index (χ1v) is 4.65. The van der Waals surface area contributed by atoms with Gasteiger partial charge in [0.2, 0.25) is 0 Å². The lowest BCUT2D eigenvalue weighted by atomic mass is 10.1. The van der Waals surface area contributed by atoms with Gasteiger partial charge in [-0.1, -0.05) is 6.92 Å². The van der Waals surface area contributed by atoms with E-state index in [1.54, 1.807) is 0 Å². The van der Waals surface area contributed by atoms with Gasteiger partial charge >= 0.3 is 5.97 Å². The molecule has 0 radical (unpaired) electrons. The topological polar surface area (TPSA) is 66.8 Å². The Morgan fingerprint density at radius 3 is 2.77 bits per heavy atom. The van der Waals surface area contributed by atoms with Gasteiger partial charge in [-0.2, -0.15) is 0 Å².